The van der Waals surface area contributed by atoms with Gasteiger partial charge in [0.05, 0.1) is 0 Å². The Balaban J connectivity index is 2.17. The summed E-state index contributed by atoms with van der Waals surface area (Å²) in [5.74, 6) is 2.55. The van der Waals surface area contributed by atoms with Gasteiger partial charge in [0.2, 0.25) is 0 Å². The Labute approximate surface area is 133 Å². The Morgan fingerprint density at radius 3 is 2.10 bits per heavy atom. The molecule has 0 aromatic heterocycles. The monoisotopic (exact) mass is 294 g/mol. The molecule has 1 aliphatic heterocycles. The average molecular weight is 295 g/mol. The number of hydrogen-bond acceptors (Lipinski definition) is 2. The van der Waals surface area contributed by atoms with Gasteiger partial charge in [0, 0.05) is 30.7 Å². The van der Waals surface area contributed by atoms with Gasteiger partial charge in [-0.15, -0.1) is 0 Å². The molecule has 0 aromatic rings. The maximum absolute atomic E-state index is 3.91. The third-order valence-electron chi connectivity index (χ3n) is 6.34. The molecule has 1 heterocycles. The second-order valence-corrected chi connectivity index (χ2v) is 8.42. The lowest BCUT2D eigenvalue weighted by Gasteiger charge is -2.53. The van der Waals surface area contributed by atoms with E-state index in [0.29, 0.717) is 5.54 Å². The Morgan fingerprint density at radius 1 is 1.05 bits per heavy atom. The van der Waals surface area contributed by atoms with Crippen LogP contribution in [0.2, 0.25) is 0 Å². The van der Waals surface area contributed by atoms with Gasteiger partial charge in [-0.1, -0.05) is 41.5 Å². The molecular formula is C19H38N2. The fourth-order valence-electron chi connectivity index (χ4n) is 4.88. The maximum atomic E-state index is 3.91. The highest BCUT2D eigenvalue weighted by atomic mass is 15.3. The number of hydrogen-bond donors (Lipinski definition) is 1. The Kier molecular flexibility index (Phi) is 5.76. The van der Waals surface area contributed by atoms with Gasteiger partial charge < -0.3 is 5.32 Å². The Morgan fingerprint density at radius 2 is 1.62 bits per heavy atom. The summed E-state index contributed by atoms with van der Waals surface area (Å²) < 4.78 is 0. The van der Waals surface area contributed by atoms with E-state index in [1.807, 2.05) is 0 Å². The van der Waals surface area contributed by atoms with Crippen LogP contribution in [0, 0.1) is 17.8 Å². The van der Waals surface area contributed by atoms with Crippen molar-refractivity contribution in [2.24, 2.45) is 17.8 Å². The molecular weight excluding hydrogens is 256 g/mol. The molecule has 0 amide bonds. The molecule has 1 aliphatic carbocycles. The minimum Gasteiger partial charge on any atom is -0.308 e. The van der Waals surface area contributed by atoms with E-state index in [2.05, 4.69) is 51.8 Å². The minimum absolute atomic E-state index is 0.356. The molecule has 124 valence electrons. The van der Waals surface area contributed by atoms with E-state index in [4.69, 9.17) is 0 Å². The van der Waals surface area contributed by atoms with Gasteiger partial charge in [0.15, 0.2) is 0 Å². The molecule has 2 aliphatic rings. The smallest absolute Gasteiger partial charge is 0.0304 e. The molecule has 21 heavy (non-hydrogen) atoms. The van der Waals surface area contributed by atoms with Crippen LogP contribution in [0.1, 0.15) is 73.6 Å². The highest BCUT2D eigenvalue weighted by molar-refractivity contribution is 5.00. The van der Waals surface area contributed by atoms with Gasteiger partial charge in [-0.2, -0.15) is 0 Å². The van der Waals surface area contributed by atoms with Crippen molar-refractivity contribution in [3.05, 3.63) is 0 Å². The van der Waals surface area contributed by atoms with Crippen molar-refractivity contribution in [2.45, 2.75) is 91.3 Å². The second kappa shape index (κ2) is 7.00. The van der Waals surface area contributed by atoms with Crippen molar-refractivity contribution >= 4 is 0 Å². The van der Waals surface area contributed by atoms with Crippen molar-refractivity contribution in [1.82, 2.24) is 10.2 Å². The van der Waals surface area contributed by atoms with E-state index < -0.39 is 0 Å². The van der Waals surface area contributed by atoms with Gasteiger partial charge in [0.1, 0.15) is 0 Å². The SMILES string of the molecule is CCC1(CC)CN(C2CC(C)CC(C)C2)C(C(C)C)CN1. The first kappa shape index (κ1) is 17.3. The quantitative estimate of drug-likeness (QED) is 0.831. The molecule has 1 N–H and O–H groups in total. The Hall–Kier alpha value is -0.0800. The summed E-state index contributed by atoms with van der Waals surface area (Å²) in [5, 5.41) is 3.91. The lowest BCUT2D eigenvalue weighted by molar-refractivity contribution is -0.00942. The minimum atomic E-state index is 0.356. The van der Waals surface area contributed by atoms with Crippen LogP contribution in [0.25, 0.3) is 0 Å². The molecule has 2 fully saturated rings. The molecule has 1 saturated carbocycles. The Bertz CT molecular complexity index is 312. The summed E-state index contributed by atoms with van der Waals surface area (Å²) in [7, 11) is 0. The van der Waals surface area contributed by atoms with E-state index in [9.17, 15) is 0 Å². The van der Waals surface area contributed by atoms with Gasteiger partial charge >= 0.3 is 0 Å². The lowest BCUT2D eigenvalue weighted by Crippen LogP contribution is -2.67. The van der Waals surface area contributed by atoms with Crippen LogP contribution >= 0.6 is 0 Å². The fraction of sp³-hybridized carbons (Fsp3) is 1.00. The van der Waals surface area contributed by atoms with Gasteiger partial charge in [-0.25, -0.2) is 0 Å². The van der Waals surface area contributed by atoms with Crippen LogP contribution in [0.5, 0.6) is 0 Å². The third kappa shape index (κ3) is 3.82. The topological polar surface area (TPSA) is 15.3 Å². The second-order valence-electron chi connectivity index (χ2n) is 8.42. The van der Waals surface area contributed by atoms with Crippen LogP contribution < -0.4 is 5.32 Å². The van der Waals surface area contributed by atoms with Gasteiger partial charge in [-0.3, -0.25) is 4.90 Å². The number of rotatable bonds is 4. The zero-order valence-corrected chi connectivity index (χ0v) is 15.3. The number of nitrogens with zero attached hydrogens (tertiary/aromatic N) is 1. The zero-order valence-electron chi connectivity index (χ0n) is 15.3. The largest absolute Gasteiger partial charge is 0.308 e. The molecule has 0 bridgehead atoms. The molecule has 2 heteroatoms. The molecule has 2 nitrogen and oxygen atoms in total. The van der Waals surface area contributed by atoms with Crippen molar-refractivity contribution in [3.8, 4) is 0 Å². The summed E-state index contributed by atoms with van der Waals surface area (Å²) in [6.07, 6.45) is 6.76. The molecule has 0 aromatic carbocycles. The molecule has 1 saturated heterocycles. The number of nitrogens with one attached hydrogen (secondary N) is 1. The highest BCUT2D eigenvalue weighted by Gasteiger charge is 2.42. The molecule has 2 rings (SSSR count). The van der Waals surface area contributed by atoms with Crippen LogP contribution in [0.3, 0.4) is 0 Å². The summed E-state index contributed by atoms with van der Waals surface area (Å²) in [4.78, 5) is 2.92. The zero-order chi connectivity index (χ0) is 15.6. The van der Waals surface area contributed by atoms with E-state index in [1.165, 1.54) is 45.2 Å². The van der Waals surface area contributed by atoms with Crippen molar-refractivity contribution in [2.75, 3.05) is 13.1 Å². The van der Waals surface area contributed by atoms with Crippen molar-refractivity contribution < 1.29 is 0 Å². The average Bonchev–Trinajstić information content (AvgIpc) is 2.45. The summed E-state index contributed by atoms with van der Waals surface area (Å²) in [5.41, 5.74) is 0.356. The molecule has 0 radical (unpaired) electrons. The van der Waals surface area contributed by atoms with Crippen LogP contribution in [0.15, 0.2) is 0 Å². The summed E-state index contributed by atoms with van der Waals surface area (Å²) >= 11 is 0. The van der Waals surface area contributed by atoms with Gasteiger partial charge in [0.25, 0.3) is 0 Å². The van der Waals surface area contributed by atoms with Crippen LogP contribution in [-0.4, -0.2) is 35.6 Å². The molecule has 3 atom stereocenters. The first-order chi connectivity index (χ1) is 9.90. The van der Waals surface area contributed by atoms with E-state index in [0.717, 1.165) is 29.8 Å². The first-order valence-electron chi connectivity index (χ1n) is 9.41. The maximum Gasteiger partial charge on any atom is 0.0304 e. The van der Waals surface area contributed by atoms with Crippen LogP contribution in [0.4, 0.5) is 0 Å². The molecule has 0 spiro atoms. The van der Waals surface area contributed by atoms with E-state index in [-0.39, 0.29) is 0 Å². The first-order valence-corrected chi connectivity index (χ1v) is 9.41. The lowest BCUT2D eigenvalue weighted by atomic mass is 9.77. The number of piperazine rings is 1. The third-order valence-corrected chi connectivity index (χ3v) is 6.34. The van der Waals surface area contributed by atoms with Gasteiger partial charge in [-0.05, 0) is 49.9 Å². The highest BCUT2D eigenvalue weighted by Crippen LogP contribution is 2.36. The summed E-state index contributed by atoms with van der Waals surface area (Å²) in [6.45, 7) is 16.9. The van der Waals surface area contributed by atoms with Crippen molar-refractivity contribution in [3.63, 3.8) is 0 Å². The standard InChI is InChI=1S/C19H38N2/c1-7-19(8-2)13-21(18(12-20-19)14(3)4)17-10-15(5)9-16(6)11-17/h14-18,20H,7-13H2,1-6H3. The summed E-state index contributed by atoms with van der Waals surface area (Å²) in [6, 6.07) is 1.54. The van der Waals surface area contributed by atoms with Crippen LogP contribution in [-0.2, 0) is 0 Å². The van der Waals surface area contributed by atoms with Crippen molar-refractivity contribution in [1.29, 1.82) is 0 Å². The van der Waals surface area contributed by atoms with E-state index >= 15 is 0 Å². The van der Waals surface area contributed by atoms with E-state index in [1.54, 1.807) is 0 Å². The fourth-order valence-corrected chi connectivity index (χ4v) is 4.88. The predicted molar refractivity (Wildman–Crippen MR) is 92.6 cm³/mol. The normalized spacial score (nSPS) is 37.9. The molecule has 3 unspecified atom stereocenters. The predicted octanol–water partition coefficient (Wildman–Crippen LogP) is 4.30.